The maximum absolute atomic E-state index is 10.9. The van der Waals surface area contributed by atoms with Crippen LogP contribution in [-0.2, 0) is 9.53 Å². The number of aromatic carboxylic acids is 1. The highest BCUT2D eigenvalue weighted by Gasteiger charge is 2.10. The summed E-state index contributed by atoms with van der Waals surface area (Å²) in [7, 11) is 1.25. The molecule has 0 aliphatic heterocycles. The highest BCUT2D eigenvalue weighted by Crippen LogP contribution is 2.20. The first-order chi connectivity index (χ1) is 8.60. The van der Waals surface area contributed by atoms with Gasteiger partial charge >= 0.3 is 11.9 Å². The number of carboxylic acid groups (broad SMARTS) is 1. The van der Waals surface area contributed by atoms with Crippen LogP contribution in [0.25, 0.3) is 11.0 Å². The van der Waals surface area contributed by atoms with Gasteiger partial charge in [-0.05, 0) is 24.3 Å². The van der Waals surface area contributed by atoms with Crippen LogP contribution in [0.2, 0.25) is 0 Å². The number of esters is 1. The van der Waals surface area contributed by atoms with Crippen molar-refractivity contribution < 1.29 is 23.8 Å². The van der Waals surface area contributed by atoms with E-state index < -0.39 is 11.9 Å². The maximum atomic E-state index is 10.9. The second kappa shape index (κ2) is 4.63. The Kier molecular flexibility index (Phi) is 3.02. The van der Waals surface area contributed by atoms with E-state index in [1.807, 2.05) is 0 Å². The van der Waals surface area contributed by atoms with Gasteiger partial charge < -0.3 is 14.3 Å². The van der Waals surface area contributed by atoms with E-state index in [9.17, 15) is 9.59 Å². The Hall–Kier alpha value is -2.74. The summed E-state index contributed by atoms with van der Waals surface area (Å²) < 4.78 is 9.48. The Labute approximate surface area is 102 Å². The Morgan fingerprint density at radius 3 is 2.78 bits per heavy atom. The minimum absolute atomic E-state index is 0.136. The number of fused-ring (bicyclic) bond motifs is 1. The SMILES string of the molecule is COC(=O)C#Cc1ccc2oc(C(=O)O)cc2c1. The van der Waals surface area contributed by atoms with Crippen LogP contribution >= 0.6 is 0 Å². The minimum atomic E-state index is -1.13. The fraction of sp³-hybridized carbons (Fsp3) is 0.0769. The molecule has 1 aromatic heterocycles. The molecule has 0 saturated heterocycles. The monoisotopic (exact) mass is 244 g/mol. The molecule has 0 aliphatic carbocycles. The van der Waals surface area contributed by atoms with E-state index in [1.54, 1.807) is 18.2 Å². The molecule has 0 unspecified atom stereocenters. The van der Waals surface area contributed by atoms with Crippen molar-refractivity contribution in [3.05, 3.63) is 35.6 Å². The van der Waals surface area contributed by atoms with Gasteiger partial charge in [-0.25, -0.2) is 9.59 Å². The van der Waals surface area contributed by atoms with Crippen LogP contribution in [0.4, 0.5) is 0 Å². The molecule has 18 heavy (non-hydrogen) atoms. The summed E-state index contributed by atoms with van der Waals surface area (Å²) in [6.07, 6.45) is 0. The lowest BCUT2D eigenvalue weighted by molar-refractivity contribution is -0.133. The highest BCUT2D eigenvalue weighted by molar-refractivity contribution is 5.92. The molecule has 1 heterocycles. The zero-order chi connectivity index (χ0) is 13.1. The molecule has 1 N–H and O–H groups in total. The zero-order valence-corrected chi connectivity index (χ0v) is 9.39. The lowest BCUT2D eigenvalue weighted by Crippen LogP contribution is -1.94. The molecular formula is C13H8O5. The predicted molar refractivity (Wildman–Crippen MR) is 62.1 cm³/mol. The van der Waals surface area contributed by atoms with Gasteiger partial charge in [-0.3, -0.25) is 0 Å². The van der Waals surface area contributed by atoms with Crippen molar-refractivity contribution in [1.29, 1.82) is 0 Å². The molecule has 2 rings (SSSR count). The maximum Gasteiger partial charge on any atom is 0.384 e. The molecule has 5 heteroatoms. The van der Waals surface area contributed by atoms with Crippen LogP contribution in [0.5, 0.6) is 0 Å². The van der Waals surface area contributed by atoms with Crippen LogP contribution in [0, 0.1) is 11.8 Å². The highest BCUT2D eigenvalue weighted by atomic mass is 16.5. The first-order valence-electron chi connectivity index (χ1n) is 4.97. The van der Waals surface area contributed by atoms with Gasteiger partial charge in [0.25, 0.3) is 0 Å². The largest absolute Gasteiger partial charge is 0.475 e. The molecule has 0 spiro atoms. The van der Waals surface area contributed by atoms with Crippen molar-refractivity contribution in [2.75, 3.05) is 7.11 Å². The first-order valence-corrected chi connectivity index (χ1v) is 4.97. The second-order valence-corrected chi connectivity index (χ2v) is 3.41. The number of rotatable bonds is 1. The Morgan fingerprint density at radius 2 is 2.11 bits per heavy atom. The van der Waals surface area contributed by atoms with Crippen LogP contribution < -0.4 is 0 Å². The Bertz CT molecular complexity index is 684. The third-order valence-corrected chi connectivity index (χ3v) is 2.22. The number of carbonyl (C=O) groups is 2. The lowest BCUT2D eigenvalue weighted by atomic mass is 10.1. The van der Waals surface area contributed by atoms with Crippen molar-refractivity contribution >= 4 is 22.9 Å². The van der Waals surface area contributed by atoms with Crippen LogP contribution in [0.1, 0.15) is 16.1 Å². The third-order valence-electron chi connectivity index (χ3n) is 2.22. The molecule has 90 valence electrons. The van der Waals surface area contributed by atoms with Crippen molar-refractivity contribution in [2.24, 2.45) is 0 Å². The van der Waals surface area contributed by atoms with E-state index in [4.69, 9.17) is 9.52 Å². The number of ether oxygens (including phenoxy) is 1. The number of carbonyl (C=O) groups excluding carboxylic acids is 1. The summed E-state index contributed by atoms with van der Waals surface area (Å²) in [4.78, 5) is 21.6. The average molecular weight is 244 g/mol. The molecule has 0 aliphatic rings. The van der Waals surface area contributed by atoms with Gasteiger partial charge in [0, 0.05) is 16.9 Å². The van der Waals surface area contributed by atoms with Crippen LogP contribution in [0.15, 0.2) is 28.7 Å². The topological polar surface area (TPSA) is 76.7 Å². The van der Waals surface area contributed by atoms with E-state index in [0.29, 0.717) is 16.5 Å². The second-order valence-electron chi connectivity index (χ2n) is 3.41. The molecule has 0 atom stereocenters. The van der Waals surface area contributed by atoms with Crippen molar-refractivity contribution in [3.8, 4) is 11.8 Å². The van der Waals surface area contributed by atoms with Crippen LogP contribution in [-0.4, -0.2) is 24.2 Å². The Morgan fingerprint density at radius 1 is 1.33 bits per heavy atom. The fourth-order valence-electron chi connectivity index (χ4n) is 1.40. The number of hydrogen-bond donors (Lipinski definition) is 1. The number of furan rings is 1. The smallest absolute Gasteiger partial charge is 0.384 e. The van der Waals surface area contributed by atoms with E-state index in [2.05, 4.69) is 16.6 Å². The van der Waals surface area contributed by atoms with Crippen molar-refractivity contribution in [3.63, 3.8) is 0 Å². The molecular weight excluding hydrogens is 236 g/mol. The summed E-state index contributed by atoms with van der Waals surface area (Å²) in [6, 6.07) is 6.28. The van der Waals surface area contributed by atoms with E-state index >= 15 is 0 Å². The van der Waals surface area contributed by atoms with Crippen molar-refractivity contribution in [2.45, 2.75) is 0 Å². The zero-order valence-electron chi connectivity index (χ0n) is 9.39. The number of methoxy groups -OCH3 is 1. The number of hydrogen-bond acceptors (Lipinski definition) is 4. The average Bonchev–Trinajstić information content (AvgIpc) is 2.79. The quantitative estimate of drug-likeness (QED) is 0.609. The first kappa shape index (κ1) is 11.7. The lowest BCUT2D eigenvalue weighted by Gasteiger charge is -1.90. The number of benzene rings is 1. The standard InChI is InChI=1S/C13H8O5/c1-17-12(14)5-3-8-2-4-10-9(6-8)7-11(18-10)13(15)16/h2,4,6-7H,1H3,(H,15,16). The molecule has 0 amide bonds. The number of carboxylic acids is 1. The molecule has 0 radical (unpaired) electrons. The summed E-state index contributed by atoms with van der Waals surface area (Å²) in [6.45, 7) is 0. The van der Waals surface area contributed by atoms with Gasteiger partial charge in [0.1, 0.15) is 5.58 Å². The molecule has 1 aromatic carbocycles. The van der Waals surface area contributed by atoms with Gasteiger partial charge in [0.15, 0.2) is 0 Å². The van der Waals surface area contributed by atoms with Gasteiger partial charge in [-0.15, -0.1) is 0 Å². The fourth-order valence-corrected chi connectivity index (χ4v) is 1.40. The van der Waals surface area contributed by atoms with Gasteiger partial charge in [0.2, 0.25) is 5.76 Å². The van der Waals surface area contributed by atoms with E-state index in [0.717, 1.165) is 0 Å². The van der Waals surface area contributed by atoms with Crippen molar-refractivity contribution in [1.82, 2.24) is 0 Å². The van der Waals surface area contributed by atoms with Crippen LogP contribution in [0.3, 0.4) is 0 Å². The third kappa shape index (κ3) is 2.33. The summed E-state index contributed by atoms with van der Waals surface area (Å²) >= 11 is 0. The molecule has 5 nitrogen and oxygen atoms in total. The molecule has 0 fully saturated rings. The summed E-state index contributed by atoms with van der Waals surface area (Å²) in [5.74, 6) is 3.00. The van der Waals surface area contributed by atoms with Gasteiger partial charge in [0.05, 0.1) is 7.11 Å². The minimum Gasteiger partial charge on any atom is -0.475 e. The normalized spacial score (nSPS) is 9.61. The summed E-state index contributed by atoms with van der Waals surface area (Å²) in [5.41, 5.74) is 1.03. The van der Waals surface area contributed by atoms with E-state index in [1.165, 1.54) is 13.2 Å². The Balaban J connectivity index is 2.40. The summed E-state index contributed by atoms with van der Waals surface area (Å²) in [5, 5.41) is 9.40. The van der Waals surface area contributed by atoms with E-state index in [-0.39, 0.29) is 5.76 Å². The predicted octanol–water partition coefficient (Wildman–Crippen LogP) is 1.66. The molecule has 0 bridgehead atoms. The van der Waals surface area contributed by atoms with Gasteiger partial charge in [-0.2, -0.15) is 0 Å². The van der Waals surface area contributed by atoms with Gasteiger partial charge in [-0.1, -0.05) is 5.92 Å². The molecule has 2 aromatic rings. The molecule has 0 saturated carbocycles.